The number of unbranched alkanes of at least 4 members (excludes halogenated alkanes) is 20. The molecule has 0 unspecified atom stereocenters. The summed E-state index contributed by atoms with van der Waals surface area (Å²) in [7, 11) is 0. The first-order valence-electron chi connectivity index (χ1n) is 30.9. The fraction of sp³-hybridized carbons (Fsp3) is 0.562. The average Bonchev–Trinajstić information content (AvgIpc) is 3.81. The van der Waals surface area contributed by atoms with Crippen LogP contribution in [0.15, 0.2) is 72.8 Å². The molecule has 73 heavy (non-hydrogen) atoms. The molecule has 0 amide bonds. The normalized spacial score (nSPS) is 14.1. The van der Waals surface area contributed by atoms with Crippen molar-refractivity contribution < 1.29 is 0 Å². The predicted molar refractivity (Wildman–Crippen MR) is 324 cm³/mol. The Labute approximate surface area is 447 Å². The van der Waals surface area contributed by atoms with Crippen molar-refractivity contribution in [2.75, 3.05) is 0 Å². The fourth-order valence-electron chi connectivity index (χ4n) is 15.2. The minimum atomic E-state index is 0.0352. The van der Waals surface area contributed by atoms with Gasteiger partial charge in [0, 0.05) is 10.8 Å². The molecule has 0 saturated carbocycles. The number of hydrogen-bond acceptors (Lipinski definition) is 0. The van der Waals surface area contributed by atoms with Crippen LogP contribution in [0.3, 0.4) is 0 Å². The molecule has 0 heteroatoms. The van der Waals surface area contributed by atoms with Gasteiger partial charge in [0.05, 0.1) is 0 Å². The van der Waals surface area contributed by atoms with Crippen molar-refractivity contribution in [2.24, 2.45) is 0 Å². The number of aryl methyl sites for hydroxylation is 4. The molecule has 2 aliphatic rings. The van der Waals surface area contributed by atoms with Gasteiger partial charge in [-0.3, -0.25) is 0 Å². The molecule has 2 aliphatic carbocycles. The van der Waals surface area contributed by atoms with Crippen molar-refractivity contribution >= 4 is 21.5 Å². The molecule has 0 aliphatic heterocycles. The van der Waals surface area contributed by atoms with Crippen molar-refractivity contribution in [1.29, 1.82) is 0 Å². The van der Waals surface area contributed by atoms with E-state index in [1.54, 1.807) is 66.8 Å². The highest BCUT2D eigenvalue weighted by Crippen LogP contribution is 2.61. The molecule has 0 fully saturated rings. The quantitative estimate of drug-likeness (QED) is 0.0395. The Kier molecular flexibility index (Phi) is 19.3. The van der Waals surface area contributed by atoms with E-state index in [4.69, 9.17) is 0 Å². The van der Waals surface area contributed by atoms with Crippen LogP contribution in [0, 0.1) is 41.5 Å². The maximum Gasteiger partial charge on any atom is 0.0218 e. The lowest BCUT2D eigenvalue weighted by Crippen LogP contribution is -2.28. The monoisotopic (exact) mass is 977 g/mol. The summed E-state index contributed by atoms with van der Waals surface area (Å²) in [6, 6.07) is 29.6. The molecular formula is C73H100. The first-order valence-corrected chi connectivity index (χ1v) is 30.9. The first-order chi connectivity index (χ1) is 35.6. The van der Waals surface area contributed by atoms with E-state index in [1.165, 1.54) is 224 Å². The third-order valence-electron chi connectivity index (χ3n) is 19.1. The third-order valence-corrected chi connectivity index (χ3v) is 19.1. The second-order valence-corrected chi connectivity index (χ2v) is 24.2. The van der Waals surface area contributed by atoms with Gasteiger partial charge >= 0.3 is 0 Å². The van der Waals surface area contributed by atoms with E-state index in [0.717, 1.165) is 6.42 Å². The molecule has 0 nitrogen and oxygen atoms in total. The lowest BCUT2D eigenvalue weighted by atomic mass is 9.67. The van der Waals surface area contributed by atoms with Crippen LogP contribution in [0.2, 0.25) is 0 Å². The highest BCUT2D eigenvalue weighted by molar-refractivity contribution is 6.06. The second-order valence-electron chi connectivity index (χ2n) is 24.2. The van der Waals surface area contributed by atoms with E-state index in [9.17, 15) is 0 Å². The van der Waals surface area contributed by atoms with Gasteiger partial charge in [0.15, 0.2) is 0 Å². The van der Waals surface area contributed by atoms with E-state index >= 15 is 0 Å². The molecule has 8 rings (SSSR count). The zero-order valence-electron chi connectivity index (χ0n) is 48.4. The van der Waals surface area contributed by atoms with Gasteiger partial charge in [0.1, 0.15) is 0 Å². The minimum Gasteiger partial charge on any atom is -0.0654 e. The van der Waals surface area contributed by atoms with Crippen molar-refractivity contribution in [2.45, 2.75) is 266 Å². The fourth-order valence-corrected chi connectivity index (χ4v) is 15.2. The Balaban J connectivity index is 1.29. The Morgan fingerprint density at radius 1 is 0.315 bits per heavy atom. The molecule has 6 aromatic carbocycles. The number of rotatable bonds is 30. The summed E-state index contributed by atoms with van der Waals surface area (Å²) in [4.78, 5) is 0. The molecule has 0 atom stereocenters. The third kappa shape index (κ3) is 11.2. The molecule has 0 heterocycles. The van der Waals surface area contributed by atoms with Gasteiger partial charge < -0.3 is 0 Å². The van der Waals surface area contributed by atoms with Gasteiger partial charge in [0.2, 0.25) is 0 Å². The molecule has 0 aromatic heterocycles. The summed E-state index contributed by atoms with van der Waals surface area (Å²) in [5.41, 5.74) is 25.3. The maximum atomic E-state index is 2.70. The molecule has 0 N–H and O–H groups in total. The van der Waals surface area contributed by atoms with Crippen LogP contribution < -0.4 is 0 Å². The van der Waals surface area contributed by atoms with Crippen LogP contribution in [0.25, 0.3) is 43.8 Å². The largest absolute Gasteiger partial charge is 0.0654 e. The van der Waals surface area contributed by atoms with Gasteiger partial charge in [-0.2, -0.15) is 0 Å². The molecule has 0 bridgehead atoms. The van der Waals surface area contributed by atoms with E-state index < -0.39 is 0 Å². The topological polar surface area (TPSA) is 0 Å². The smallest absolute Gasteiger partial charge is 0.0218 e. The summed E-state index contributed by atoms with van der Waals surface area (Å²) >= 11 is 0. The van der Waals surface area contributed by atoms with Crippen molar-refractivity contribution in [3.63, 3.8) is 0 Å². The van der Waals surface area contributed by atoms with Crippen LogP contribution in [-0.2, 0) is 17.3 Å². The van der Waals surface area contributed by atoms with Gasteiger partial charge in [-0.1, -0.05) is 255 Å². The van der Waals surface area contributed by atoms with Crippen LogP contribution in [0.4, 0.5) is 0 Å². The van der Waals surface area contributed by atoms with Crippen LogP contribution in [-0.4, -0.2) is 0 Å². The predicted octanol–water partition coefficient (Wildman–Crippen LogP) is 23.0. The Morgan fingerprint density at radius 2 is 0.603 bits per heavy atom. The number of fused-ring (bicyclic) bond motifs is 10. The van der Waals surface area contributed by atoms with E-state index in [1.807, 2.05) is 0 Å². The summed E-state index contributed by atoms with van der Waals surface area (Å²) in [5, 5.41) is 5.80. The number of benzene rings is 6. The van der Waals surface area contributed by atoms with Gasteiger partial charge in [-0.15, -0.1) is 0 Å². The Hall–Kier alpha value is -4.16. The summed E-state index contributed by atoms with van der Waals surface area (Å²) in [6.07, 6.45) is 38.3. The molecular weight excluding hydrogens is 877 g/mol. The maximum absolute atomic E-state index is 2.70. The first kappa shape index (κ1) is 55.1. The molecule has 392 valence electrons. The average molecular weight is 978 g/mol. The second kappa shape index (κ2) is 25.6. The van der Waals surface area contributed by atoms with E-state index in [0.29, 0.717) is 0 Å². The summed E-state index contributed by atoms with van der Waals surface area (Å²) in [6.45, 7) is 24.3. The SMILES string of the molecule is CCCCCCCCC1(CCCCCCCC)c2cc(C)c3ccccc3c2-c2cc(C)c(Cc3c(C)cc4c(c3C)C(CCCCCCCC)(CCCCCCCC)c3cc(C)c5ccccc5c3-4)c(C)c21. The number of hydrogen-bond donors (Lipinski definition) is 0. The van der Waals surface area contributed by atoms with Crippen molar-refractivity contribution in [3.8, 4) is 22.3 Å². The summed E-state index contributed by atoms with van der Waals surface area (Å²) in [5.74, 6) is 0. The molecule has 6 aromatic rings. The van der Waals surface area contributed by atoms with Gasteiger partial charge in [0.25, 0.3) is 0 Å². The Morgan fingerprint density at radius 3 is 0.918 bits per heavy atom. The minimum absolute atomic E-state index is 0.0352. The van der Waals surface area contributed by atoms with Crippen molar-refractivity contribution in [3.05, 3.63) is 140 Å². The Bertz CT molecular complexity index is 2570. The van der Waals surface area contributed by atoms with E-state index in [2.05, 4.69) is 142 Å². The zero-order chi connectivity index (χ0) is 51.5. The van der Waals surface area contributed by atoms with Gasteiger partial charge in [-0.25, -0.2) is 0 Å². The van der Waals surface area contributed by atoms with Crippen LogP contribution in [0.1, 0.15) is 274 Å². The van der Waals surface area contributed by atoms with Crippen molar-refractivity contribution in [1.82, 2.24) is 0 Å². The van der Waals surface area contributed by atoms with Gasteiger partial charge in [-0.05, 0) is 184 Å². The van der Waals surface area contributed by atoms with E-state index in [-0.39, 0.29) is 10.8 Å². The lowest BCUT2D eigenvalue weighted by molar-refractivity contribution is 0.396. The molecule has 0 spiro atoms. The molecule has 0 saturated heterocycles. The van der Waals surface area contributed by atoms with Crippen LogP contribution in [0.5, 0.6) is 0 Å². The van der Waals surface area contributed by atoms with Crippen LogP contribution >= 0.6 is 0 Å². The standard InChI is InChI=1S/C73H100/c1-11-15-19-23-27-35-43-72(44-36-28-24-20-16-12-2)66-49-54(7)58-39-31-33-41-60(58)68(66)64-47-52(5)62(56(9)70(64)72)51-63-53(6)48-65-69-61-42-34-32-40-59(61)55(8)50-67(69)73(71(65)57(63)10,45-37-29-25-21-17-13-3)46-38-30-26-22-18-14-4/h31-34,39-42,47-50H,11-30,35-38,43-46,51H2,1-10H3. The lowest BCUT2D eigenvalue weighted by Gasteiger charge is -2.36. The molecule has 0 radical (unpaired) electrons. The highest BCUT2D eigenvalue weighted by Gasteiger charge is 2.47. The highest BCUT2D eigenvalue weighted by atomic mass is 14.5. The summed E-state index contributed by atoms with van der Waals surface area (Å²) < 4.78 is 0. The zero-order valence-corrected chi connectivity index (χ0v) is 48.4.